The maximum atomic E-state index is 12.9. The fraction of sp³-hybridized carbons (Fsp3) is 0.435. The van der Waals surface area contributed by atoms with Crippen molar-refractivity contribution in [1.82, 2.24) is 4.31 Å². The highest BCUT2D eigenvalue weighted by Crippen LogP contribution is 2.31. The molecule has 0 saturated carbocycles. The molecule has 30 heavy (non-hydrogen) atoms. The molecule has 2 N–H and O–H groups in total. The molecule has 2 atom stereocenters. The standard InChI is InChI=1S/C23H31N3O3S/c1-5-25(6-2)30(28,29)21-13-11-19(12-14-21)18(4)24-16-23(27)26-17(3)15-20-9-7-8-10-22(20)26/h7-14,17-18,24H,5-6,15-16H2,1-4H3/p+1/t17-,18-/m1/s1. The van der Waals surface area contributed by atoms with E-state index < -0.39 is 10.0 Å². The van der Waals surface area contributed by atoms with E-state index in [0.29, 0.717) is 24.5 Å². The first-order valence-electron chi connectivity index (χ1n) is 10.6. The van der Waals surface area contributed by atoms with Crippen LogP contribution in [0, 0.1) is 0 Å². The van der Waals surface area contributed by atoms with Crippen LogP contribution < -0.4 is 10.2 Å². The molecule has 3 rings (SSSR count). The van der Waals surface area contributed by atoms with Gasteiger partial charge in [-0.15, -0.1) is 0 Å². The number of carbonyl (C=O) groups excluding carboxylic acids is 1. The normalized spacial score (nSPS) is 17.2. The lowest BCUT2D eigenvalue weighted by Gasteiger charge is -2.23. The largest absolute Gasteiger partial charge is 0.333 e. The molecule has 0 bridgehead atoms. The highest BCUT2D eigenvalue weighted by atomic mass is 32.2. The fourth-order valence-corrected chi connectivity index (χ4v) is 5.57. The summed E-state index contributed by atoms with van der Waals surface area (Å²) < 4.78 is 26.7. The average Bonchev–Trinajstić information content (AvgIpc) is 3.08. The molecule has 0 fully saturated rings. The number of nitrogens with two attached hydrogens (primary N) is 1. The summed E-state index contributed by atoms with van der Waals surface area (Å²) in [5.74, 6) is 0.0973. The molecule has 0 saturated heterocycles. The minimum Gasteiger partial charge on any atom is -0.333 e. The zero-order valence-corrected chi connectivity index (χ0v) is 19.0. The van der Waals surface area contributed by atoms with Crippen molar-refractivity contribution >= 4 is 21.6 Å². The van der Waals surface area contributed by atoms with Gasteiger partial charge in [-0.3, -0.25) is 4.79 Å². The van der Waals surface area contributed by atoms with Crippen LogP contribution in [0.2, 0.25) is 0 Å². The smallest absolute Gasteiger partial charge is 0.282 e. The predicted octanol–water partition coefficient (Wildman–Crippen LogP) is 2.32. The summed E-state index contributed by atoms with van der Waals surface area (Å²) in [6.07, 6.45) is 0.889. The molecular weight excluding hydrogens is 398 g/mol. The van der Waals surface area contributed by atoms with Crippen LogP contribution in [0.25, 0.3) is 0 Å². The van der Waals surface area contributed by atoms with Gasteiger partial charge in [0.25, 0.3) is 5.91 Å². The summed E-state index contributed by atoms with van der Waals surface area (Å²) in [5, 5.41) is 2.00. The number of benzene rings is 2. The Bertz CT molecular complexity index is 985. The van der Waals surface area contributed by atoms with Gasteiger partial charge in [-0.2, -0.15) is 4.31 Å². The first-order valence-corrected chi connectivity index (χ1v) is 12.1. The van der Waals surface area contributed by atoms with Crippen LogP contribution in [0.5, 0.6) is 0 Å². The Labute approximate surface area is 179 Å². The van der Waals surface area contributed by atoms with Crippen molar-refractivity contribution in [2.75, 3.05) is 24.5 Å². The number of fused-ring (bicyclic) bond motifs is 1. The SMILES string of the molecule is CCN(CC)S(=O)(=O)c1ccc([C@@H](C)[NH2+]CC(=O)N2c3ccccc3C[C@H]2C)cc1. The molecule has 1 heterocycles. The third kappa shape index (κ3) is 4.43. The first kappa shape index (κ1) is 22.5. The highest BCUT2D eigenvalue weighted by molar-refractivity contribution is 7.89. The average molecular weight is 431 g/mol. The minimum atomic E-state index is -3.45. The van der Waals surface area contributed by atoms with Crippen molar-refractivity contribution in [3.05, 3.63) is 59.7 Å². The summed E-state index contributed by atoms with van der Waals surface area (Å²) in [5.41, 5.74) is 3.23. The summed E-state index contributed by atoms with van der Waals surface area (Å²) in [4.78, 5) is 15.1. The van der Waals surface area contributed by atoms with Crippen molar-refractivity contribution in [3.63, 3.8) is 0 Å². The van der Waals surface area contributed by atoms with Gasteiger partial charge >= 0.3 is 0 Å². The number of nitrogens with zero attached hydrogens (tertiary/aromatic N) is 2. The van der Waals surface area contributed by atoms with E-state index in [1.54, 1.807) is 12.1 Å². The molecule has 0 radical (unpaired) electrons. The van der Waals surface area contributed by atoms with Crippen molar-refractivity contribution in [2.24, 2.45) is 0 Å². The number of quaternary nitrogens is 1. The van der Waals surface area contributed by atoms with E-state index in [9.17, 15) is 13.2 Å². The third-order valence-corrected chi connectivity index (χ3v) is 7.94. The Morgan fingerprint density at radius 3 is 2.40 bits per heavy atom. The summed E-state index contributed by atoms with van der Waals surface area (Å²) in [6.45, 7) is 9.03. The van der Waals surface area contributed by atoms with Crippen molar-refractivity contribution in [3.8, 4) is 0 Å². The Hall–Kier alpha value is -2.22. The molecular formula is C23H32N3O3S+. The predicted molar refractivity (Wildman–Crippen MR) is 119 cm³/mol. The summed E-state index contributed by atoms with van der Waals surface area (Å²) in [7, 11) is -3.45. The molecule has 2 aromatic carbocycles. The van der Waals surface area contributed by atoms with Crippen molar-refractivity contribution in [2.45, 2.75) is 51.1 Å². The zero-order chi connectivity index (χ0) is 21.9. The van der Waals surface area contributed by atoms with Gasteiger partial charge < -0.3 is 10.2 Å². The van der Waals surface area contributed by atoms with Crippen LogP contribution in [-0.4, -0.2) is 44.3 Å². The number of para-hydroxylation sites is 1. The van der Waals surface area contributed by atoms with E-state index in [4.69, 9.17) is 0 Å². The van der Waals surface area contributed by atoms with Gasteiger partial charge in [0.15, 0.2) is 6.54 Å². The van der Waals surface area contributed by atoms with Crippen LogP contribution in [0.1, 0.15) is 44.9 Å². The molecule has 1 aliphatic rings. The molecule has 0 aromatic heterocycles. The van der Waals surface area contributed by atoms with E-state index in [0.717, 1.165) is 17.7 Å². The van der Waals surface area contributed by atoms with E-state index in [-0.39, 0.29) is 18.0 Å². The summed E-state index contributed by atoms with van der Waals surface area (Å²) >= 11 is 0. The van der Waals surface area contributed by atoms with Crippen LogP contribution >= 0.6 is 0 Å². The second kappa shape index (κ2) is 9.29. The topological polar surface area (TPSA) is 74.3 Å². The zero-order valence-electron chi connectivity index (χ0n) is 18.2. The Morgan fingerprint density at radius 1 is 1.13 bits per heavy atom. The van der Waals surface area contributed by atoms with Crippen LogP contribution in [0.3, 0.4) is 0 Å². The van der Waals surface area contributed by atoms with Crippen LogP contribution in [0.15, 0.2) is 53.4 Å². The summed E-state index contributed by atoms with van der Waals surface area (Å²) in [6, 6.07) is 15.3. The Balaban J connectivity index is 1.64. The van der Waals surface area contributed by atoms with Gasteiger partial charge in [0.1, 0.15) is 6.04 Å². The van der Waals surface area contributed by atoms with E-state index >= 15 is 0 Å². The number of hydrogen-bond donors (Lipinski definition) is 1. The number of rotatable bonds is 8. The molecule has 7 heteroatoms. The Kier molecular flexibility index (Phi) is 6.95. The van der Waals surface area contributed by atoms with Gasteiger partial charge in [0, 0.05) is 30.4 Å². The molecule has 0 aliphatic carbocycles. The number of carbonyl (C=O) groups is 1. The number of sulfonamides is 1. The fourth-order valence-electron chi connectivity index (χ4n) is 4.11. The lowest BCUT2D eigenvalue weighted by Crippen LogP contribution is -2.87. The molecule has 162 valence electrons. The van der Waals surface area contributed by atoms with Gasteiger partial charge in [-0.1, -0.05) is 44.2 Å². The van der Waals surface area contributed by atoms with E-state index in [2.05, 4.69) is 13.0 Å². The monoisotopic (exact) mass is 430 g/mol. The second-order valence-corrected chi connectivity index (χ2v) is 9.77. The maximum Gasteiger partial charge on any atom is 0.282 e. The van der Waals surface area contributed by atoms with Gasteiger partial charge in [-0.05, 0) is 44.0 Å². The molecule has 0 unspecified atom stereocenters. The van der Waals surface area contributed by atoms with E-state index in [1.807, 2.05) is 61.3 Å². The lowest BCUT2D eigenvalue weighted by atomic mass is 10.1. The number of amides is 1. The number of anilines is 1. The minimum absolute atomic E-state index is 0.0484. The molecule has 2 aromatic rings. The van der Waals surface area contributed by atoms with Crippen molar-refractivity contribution in [1.29, 1.82) is 0 Å². The quantitative estimate of drug-likeness (QED) is 0.698. The first-order chi connectivity index (χ1) is 14.3. The van der Waals surface area contributed by atoms with Gasteiger partial charge in [0.2, 0.25) is 10.0 Å². The van der Waals surface area contributed by atoms with Crippen LogP contribution in [0.4, 0.5) is 5.69 Å². The molecule has 6 nitrogen and oxygen atoms in total. The maximum absolute atomic E-state index is 12.9. The lowest BCUT2D eigenvalue weighted by molar-refractivity contribution is -0.682. The third-order valence-electron chi connectivity index (χ3n) is 5.87. The molecule has 0 spiro atoms. The second-order valence-electron chi connectivity index (χ2n) is 7.83. The Morgan fingerprint density at radius 2 is 1.77 bits per heavy atom. The van der Waals surface area contributed by atoms with Gasteiger partial charge in [0.05, 0.1) is 4.90 Å². The molecule has 1 amide bonds. The van der Waals surface area contributed by atoms with E-state index in [1.165, 1.54) is 9.87 Å². The van der Waals surface area contributed by atoms with Crippen LogP contribution in [-0.2, 0) is 21.2 Å². The number of hydrogen-bond acceptors (Lipinski definition) is 3. The highest BCUT2D eigenvalue weighted by Gasteiger charge is 2.31. The van der Waals surface area contributed by atoms with Gasteiger partial charge in [-0.25, -0.2) is 8.42 Å². The molecule has 1 aliphatic heterocycles. The van der Waals surface area contributed by atoms with Crippen molar-refractivity contribution < 1.29 is 18.5 Å².